The van der Waals surface area contributed by atoms with Crippen LogP contribution in [-0.2, 0) is 51.0 Å². The molecule has 4 unspecified atom stereocenters. The number of rotatable bonds is 48. The third-order valence-corrected chi connectivity index (χ3v) is 16.9. The summed E-state index contributed by atoms with van der Waals surface area (Å²) < 4.78 is 22.5. The van der Waals surface area contributed by atoms with E-state index in [9.17, 15) is 40.2 Å². The van der Waals surface area contributed by atoms with Crippen molar-refractivity contribution in [2.24, 2.45) is 0 Å². The fourth-order valence-electron chi connectivity index (χ4n) is 7.59. The van der Waals surface area contributed by atoms with Crippen molar-refractivity contribution in [3.63, 3.8) is 0 Å². The molecule has 0 saturated carbocycles. The maximum absolute atomic E-state index is 13.8. The Morgan fingerprint density at radius 2 is 0.446 bits per heavy atom. The Morgan fingerprint density at radius 1 is 0.292 bits per heavy atom. The second-order valence-corrected chi connectivity index (χ2v) is 22.8. The first-order valence-electron chi connectivity index (χ1n) is 25.7. The van der Waals surface area contributed by atoms with Gasteiger partial charge in [0, 0.05) is 0 Å². The van der Waals surface area contributed by atoms with Gasteiger partial charge in [0.05, 0.1) is 0 Å². The molecule has 0 aliphatic carbocycles. The summed E-state index contributed by atoms with van der Waals surface area (Å²) in [6.45, 7) is 8.56. The molecule has 4 N–H and O–H groups in total. The van der Waals surface area contributed by atoms with E-state index in [0.29, 0.717) is 51.4 Å². The summed E-state index contributed by atoms with van der Waals surface area (Å²) in [6, 6.07) is 0. The Labute approximate surface area is 397 Å². The van der Waals surface area contributed by atoms with Gasteiger partial charge in [0.15, 0.2) is 0 Å². The summed E-state index contributed by atoms with van der Waals surface area (Å²) in [5, 5.41) is 39.4. The molecule has 0 amide bonds. The SMILES string of the molecule is CCCCCCCCCCC(OO)C(=O)[O][Sn]([O]C(=O)C(CCCCCCCCCC)OO)([O]C(=O)C(CCCCCCCCCC)OO)[O]C(=O)C(CCCCCCCCCC)OO. The quantitative estimate of drug-likeness (QED) is 0.0192. The number of hydrogen-bond acceptors (Lipinski definition) is 16. The van der Waals surface area contributed by atoms with E-state index in [2.05, 4.69) is 47.2 Å². The molecule has 0 aromatic carbocycles. The molecule has 0 aromatic heterocycles. The molecule has 0 rings (SSSR count). The predicted octanol–water partition coefficient (Wildman–Crippen LogP) is 13.2. The van der Waals surface area contributed by atoms with Crippen LogP contribution in [0.4, 0.5) is 0 Å². The molecule has 0 saturated heterocycles. The topological polar surface area (TPSA) is 223 Å². The standard InChI is InChI=1S/4C12H24O4.Sn/c4*1-2-3-4-5-6-7-8-9-10-11(16-15)12(13)14;/h4*11,15H,2-10H2,1H3,(H,13,14);/q;;;;+4/p-4. The van der Waals surface area contributed by atoms with Crippen molar-refractivity contribution in [1.82, 2.24) is 0 Å². The second kappa shape index (κ2) is 44.8. The molecule has 0 aliphatic rings. The van der Waals surface area contributed by atoms with Gasteiger partial charge in [-0.05, 0) is 0 Å². The van der Waals surface area contributed by atoms with Crippen molar-refractivity contribution in [2.75, 3.05) is 0 Å². The van der Waals surface area contributed by atoms with Gasteiger partial charge in [-0.3, -0.25) is 0 Å². The Balaban J connectivity index is 6.55. The van der Waals surface area contributed by atoms with E-state index in [-0.39, 0.29) is 25.7 Å². The summed E-state index contributed by atoms with van der Waals surface area (Å²) in [7, 11) is 0. The molecule has 4 atom stereocenters. The number of unbranched alkanes of at least 4 members (excludes halogenated alkanes) is 28. The molecule has 16 nitrogen and oxygen atoms in total. The van der Waals surface area contributed by atoms with E-state index >= 15 is 0 Å². The van der Waals surface area contributed by atoms with Crippen molar-refractivity contribution in [3.8, 4) is 0 Å². The molecule has 384 valence electrons. The first-order valence-corrected chi connectivity index (χ1v) is 30.4. The average Bonchev–Trinajstić information content (AvgIpc) is 3.29. The third-order valence-electron chi connectivity index (χ3n) is 11.7. The van der Waals surface area contributed by atoms with Crippen LogP contribution in [0.2, 0.25) is 0 Å². The Bertz CT molecular complexity index is 973. The summed E-state index contributed by atoms with van der Waals surface area (Å²) in [5.41, 5.74) is 0. The molecular weight excluding hydrogens is 951 g/mol. The van der Waals surface area contributed by atoms with Gasteiger partial charge in [-0.25, -0.2) is 0 Å². The van der Waals surface area contributed by atoms with Crippen molar-refractivity contribution < 1.29 is 72.1 Å². The van der Waals surface area contributed by atoms with E-state index < -0.39 is 68.3 Å². The van der Waals surface area contributed by atoms with Gasteiger partial charge in [-0.1, -0.05) is 27.7 Å². The van der Waals surface area contributed by atoms with Crippen molar-refractivity contribution in [3.05, 3.63) is 0 Å². The Morgan fingerprint density at radius 3 is 0.600 bits per heavy atom. The molecule has 0 radical (unpaired) electrons. The van der Waals surface area contributed by atoms with Gasteiger partial charge in [0.25, 0.3) is 0 Å². The number of carbonyl (C=O) groups is 4. The number of hydrogen-bond donors (Lipinski definition) is 4. The van der Waals surface area contributed by atoms with Crippen LogP contribution in [0.3, 0.4) is 0 Å². The van der Waals surface area contributed by atoms with Crippen molar-refractivity contribution in [2.45, 2.75) is 283 Å². The third kappa shape index (κ3) is 33.5. The molecule has 0 fully saturated rings. The molecule has 0 bridgehead atoms. The minimum atomic E-state index is -6.91. The van der Waals surface area contributed by atoms with Gasteiger partial charge < -0.3 is 0 Å². The fourth-order valence-corrected chi connectivity index (χ4v) is 12.6. The average molecular weight is 1040 g/mol. The van der Waals surface area contributed by atoms with Gasteiger partial charge in [-0.2, -0.15) is 0 Å². The summed E-state index contributed by atoms with van der Waals surface area (Å²) in [4.78, 5) is 73.3. The van der Waals surface area contributed by atoms with Crippen LogP contribution in [0.25, 0.3) is 0 Å². The minimum absolute atomic E-state index is 0.0510. The van der Waals surface area contributed by atoms with Crippen molar-refractivity contribution >= 4 is 43.9 Å². The van der Waals surface area contributed by atoms with E-state index in [4.69, 9.17) is 12.3 Å². The normalized spacial score (nSPS) is 14.3. The zero-order chi connectivity index (χ0) is 48.2. The van der Waals surface area contributed by atoms with Gasteiger partial charge in [-0.15, -0.1) is 0 Å². The Kier molecular flexibility index (Phi) is 43.7. The van der Waals surface area contributed by atoms with Crippen LogP contribution in [0.15, 0.2) is 0 Å². The summed E-state index contributed by atoms with van der Waals surface area (Å²) in [5.74, 6) is -5.45. The van der Waals surface area contributed by atoms with E-state index in [1.54, 1.807) is 0 Å². The van der Waals surface area contributed by atoms with E-state index in [1.165, 1.54) is 0 Å². The molecule has 0 aromatic rings. The van der Waals surface area contributed by atoms with Gasteiger partial charge in [0.2, 0.25) is 0 Å². The molecule has 0 heterocycles. The first kappa shape index (κ1) is 63.4. The maximum atomic E-state index is 13.8. The molecule has 17 heteroatoms. The molecule has 65 heavy (non-hydrogen) atoms. The first-order chi connectivity index (χ1) is 31.6. The van der Waals surface area contributed by atoms with Crippen molar-refractivity contribution in [1.29, 1.82) is 0 Å². The Hall–Kier alpha value is -1.64. The zero-order valence-corrected chi connectivity index (χ0v) is 43.8. The molecule has 0 aliphatic heterocycles. The fraction of sp³-hybridized carbons (Fsp3) is 0.917. The van der Waals surface area contributed by atoms with Gasteiger partial charge in [0.1, 0.15) is 0 Å². The van der Waals surface area contributed by atoms with Crippen LogP contribution < -0.4 is 0 Å². The van der Waals surface area contributed by atoms with Crippen LogP contribution in [0, 0.1) is 0 Å². The van der Waals surface area contributed by atoms with Crippen LogP contribution in [-0.4, -0.2) is 89.4 Å². The van der Waals surface area contributed by atoms with Crippen LogP contribution in [0.1, 0.15) is 259 Å². The summed E-state index contributed by atoms with van der Waals surface area (Å²) >= 11 is -6.91. The van der Waals surface area contributed by atoms with Gasteiger partial charge >= 0.3 is 372 Å². The molecular formula is C48H92O16Sn. The monoisotopic (exact) mass is 1040 g/mol. The predicted molar refractivity (Wildman–Crippen MR) is 249 cm³/mol. The van der Waals surface area contributed by atoms with E-state index in [0.717, 1.165) is 154 Å². The van der Waals surface area contributed by atoms with Crippen LogP contribution in [0.5, 0.6) is 0 Å². The van der Waals surface area contributed by atoms with E-state index in [1.807, 2.05) is 0 Å². The second-order valence-electron chi connectivity index (χ2n) is 17.6. The molecule has 0 spiro atoms. The van der Waals surface area contributed by atoms with Crippen LogP contribution >= 0.6 is 0 Å². The number of carbonyl (C=O) groups excluding carboxylic acids is 4. The zero-order valence-electron chi connectivity index (χ0n) is 41.0. The summed E-state index contributed by atoms with van der Waals surface area (Å²) in [6.07, 6.45) is 22.9.